The molecule has 0 aliphatic carbocycles. The van der Waals surface area contributed by atoms with Crippen molar-refractivity contribution < 1.29 is 19.4 Å². The second-order valence-electron chi connectivity index (χ2n) is 4.62. The molecule has 0 atom stereocenters. The molecule has 1 aromatic rings. The van der Waals surface area contributed by atoms with Gasteiger partial charge in [0.25, 0.3) is 5.91 Å². The molecule has 0 aliphatic rings. The van der Waals surface area contributed by atoms with Crippen LogP contribution in [0.5, 0.6) is 5.88 Å². The number of aliphatic carboxylic acids is 1. The molecule has 0 bridgehead atoms. The summed E-state index contributed by atoms with van der Waals surface area (Å²) in [4.78, 5) is 26.0. The van der Waals surface area contributed by atoms with Gasteiger partial charge in [0.15, 0.2) is 0 Å². The number of pyridine rings is 1. The average molecular weight is 301 g/mol. The zero-order valence-electron chi connectivity index (χ0n) is 11.4. The van der Waals surface area contributed by atoms with E-state index in [1.54, 1.807) is 0 Å². The number of nitrogens with zero attached hydrogens (tertiary/aromatic N) is 1. The number of carboxylic acids is 1. The van der Waals surface area contributed by atoms with Gasteiger partial charge >= 0.3 is 5.97 Å². The summed E-state index contributed by atoms with van der Waals surface area (Å²) in [5, 5.41) is 11.2. The summed E-state index contributed by atoms with van der Waals surface area (Å²) in [6.45, 7) is 4.53. The van der Waals surface area contributed by atoms with Crippen LogP contribution in [-0.4, -0.2) is 35.1 Å². The molecule has 0 aliphatic heterocycles. The number of carbonyl (C=O) groups is 2. The van der Waals surface area contributed by atoms with Crippen LogP contribution in [0.3, 0.4) is 0 Å². The van der Waals surface area contributed by atoms with E-state index in [9.17, 15) is 9.59 Å². The molecule has 110 valence electrons. The van der Waals surface area contributed by atoms with Crippen molar-refractivity contribution in [3.63, 3.8) is 0 Å². The molecule has 1 rings (SSSR count). The van der Waals surface area contributed by atoms with Crippen LogP contribution in [0, 0.1) is 5.92 Å². The molecule has 1 amide bonds. The largest absolute Gasteiger partial charge is 0.481 e. The minimum atomic E-state index is -0.973. The lowest BCUT2D eigenvalue weighted by molar-refractivity contribution is -0.136. The molecule has 0 radical (unpaired) electrons. The number of rotatable bonds is 7. The fourth-order valence-electron chi connectivity index (χ4n) is 1.29. The number of aromatic nitrogens is 1. The van der Waals surface area contributed by atoms with Crippen LogP contribution in [-0.2, 0) is 4.79 Å². The molecule has 0 aromatic carbocycles. The van der Waals surface area contributed by atoms with Crippen LogP contribution in [0.2, 0.25) is 5.02 Å². The molecule has 1 aromatic heterocycles. The first kappa shape index (κ1) is 16.2. The Morgan fingerprint density at radius 3 is 2.75 bits per heavy atom. The number of carboxylic acid groups (broad SMARTS) is 1. The van der Waals surface area contributed by atoms with Crippen molar-refractivity contribution in [2.75, 3.05) is 13.2 Å². The van der Waals surface area contributed by atoms with E-state index in [-0.39, 0.29) is 29.4 Å². The quantitative estimate of drug-likeness (QED) is 0.804. The Balaban J connectivity index is 2.61. The summed E-state index contributed by atoms with van der Waals surface area (Å²) in [7, 11) is 0. The molecule has 0 saturated heterocycles. The van der Waals surface area contributed by atoms with E-state index in [4.69, 9.17) is 21.4 Å². The molecule has 0 fully saturated rings. The lowest BCUT2D eigenvalue weighted by Gasteiger charge is -2.10. The van der Waals surface area contributed by atoms with Crippen LogP contribution >= 0.6 is 11.6 Å². The molecule has 2 N–H and O–H groups in total. The van der Waals surface area contributed by atoms with Crippen molar-refractivity contribution in [1.82, 2.24) is 10.3 Å². The van der Waals surface area contributed by atoms with Crippen molar-refractivity contribution in [2.24, 2.45) is 5.92 Å². The van der Waals surface area contributed by atoms with Crippen LogP contribution in [0.4, 0.5) is 0 Å². The average Bonchev–Trinajstić information content (AvgIpc) is 2.36. The third-order valence-electron chi connectivity index (χ3n) is 2.25. The maximum absolute atomic E-state index is 11.7. The van der Waals surface area contributed by atoms with E-state index >= 15 is 0 Å². The highest BCUT2D eigenvalue weighted by molar-refractivity contribution is 6.32. The molecular weight excluding hydrogens is 284 g/mol. The number of carbonyl (C=O) groups excluding carboxylic acids is 1. The first-order chi connectivity index (χ1) is 9.40. The molecule has 6 nitrogen and oxygen atoms in total. The topological polar surface area (TPSA) is 88.5 Å². The van der Waals surface area contributed by atoms with Crippen molar-refractivity contribution in [3.05, 3.63) is 22.8 Å². The Morgan fingerprint density at radius 1 is 1.50 bits per heavy atom. The van der Waals surface area contributed by atoms with Crippen LogP contribution < -0.4 is 10.1 Å². The minimum absolute atomic E-state index is 0.0530. The lowest BCUT2D eigenvalue weighted by atomic mass is 10.2. The maximum Gasteiger partial charge on any atom is 0.305 e. The van der Waals surface area contributed by atoms with Gasteiger partial charge in [-0.05, 0) is 12.0 Å². The molecule has 0 spiro atoms. The summed E-state index contributed by atoms with van der Waals surface area (Å²) in [6, 6.07) is 1.44. The van der Waals surface area contributed by atoms with Gasteiger partial charge in [0.2, 0.25) is 5.88 Å². The normalized spacial score (nSPS) is 10.4. The molecule has 20 heavy (non-hydrogen) atoms. The van der Waals surface area contributed by atoms with Gasteiger partial charge in [-0.2, -0.15) is 0 Å². The maximum atomic E-state index is 11.7. The number of hydrogen-bond acceptors (Lipinski definition) is 4. The van der Waals surface area contributed by atoms with E-state index < -0.39 is 11.9 Å². The Bertz CT molecular complexity index is 491. The Labute approximate surface area is 122 Å². The van der Waals surface area contributed by atoms with Crippen LogP contribution in [0.1, 0.15) is 30.6 Å². The number of amides is 1. The zero-order chi connectivity index (χ0) is 15.1. The van der Waals surface area contributed by atoms with Crippen LogP contribution in [0.15, 0.2) is 12.3 Å². The van der Waals surface area contributed by atoms with Gasteiger partial charge in [-0.25, -0.2) is 4.98 Å². The number of nitrogens with one attached hydrogen (secondary N) is 1. The van der Waals surface area contributed by atoms with Crippen molar-refractivity contribution in [1.29, 1.82) is 0 Å². The van der Waals surface area contributed by atoms with E-state index in [2.05, 4.69) is 10.3 Å². The standard InChI is InChI=1S/C13H17ClN2O4/c1-8(2)7-20-13-10(14)5-9(6-16-13)12(19)15-4-3-11(17)18/h5-6,8H,3-4,7H2,1-2H3,(H,15,19)(H,17,18). The number of ether oxygens (including phenoxy) is 1. The molecule has 0 unspecified atom stereocenters. The minimum Gasteiger partial charge on any atom is -0.481 e. The third kappa shape index (κ3) is 5.44. The number of halogens is 1. The van der Waals surface area contributed by atoms with E-state index in [1.807, 2.05) is 13.8 Å². The molecule has 1 heterocycles. The summed E-state index contributed by atoms with van der Waals surface area (Å²) in [5.74, 6) is -0.774. The van der Waals surface area contributed by atoms with Crippen molar-refractivity contribution >= 4 is 23.5 Å². The Kier molecular flexibility index (Phi) is 6.24. The monoisotopic (exact) mass is 300 g/mol. The van der Waals surface area contributed by atoms with Gasteiger partial charge in [-0.15, -0.1) is 0 Å². The molecule has 0 saturated carbocycles. The third-order valence-corrected chi connectivity index (χ3v) is 2.52. The van der Waals surface area contributed by atoms with E-state index in [0.29, 0.717) is 12.5 Å². The first-order valence-corrected chi connectivity index (χ1v) is 6.56. The first-order valence-electron chi connectivity index (χ1n) is 6.18. The fourth-order valence-corrected chi connectivity index (χ4v) is 1.51. The smallest absolute Gasteiger partial charge is 0.305 e. The lowest BCUT2D eigenvalue weighted by Crippen LogP contribution is -2.26. The SMILES string of the molecule is CC(C)COc1ncc(C(=O)NCCC(=O)O)cc1Cl. The zero-order valence-corrected chi connectivity index (χ0v) is 12.1. The fraction of sp³-hybridized carbons (Fsp3) is 0.462. The highest BCUT2D eigenvalue weighted by Gasteiger charge is 2.11. The predicted molar refractivity (Wildman–Crippen MR) is 74.2 cm³/mol. The van der Waals surface area contributed by atoms with Crippen molar-refractivity contribution in [2.45, 2.75) is 20.3 Å². The molecular formula is C13H17ClN2O4. The van der Waals surface area contributed by atoms with Gasteiger partial charge in [0, 0.05) is 12.7 Å². The summed E-state index contributed by atoms with van der Waals surface area (Å²) >= 11 is 5.98. The summed E-state index contributed by atoms with van der Waals surface area (Å²) in [5.41, 5.74) is 0.261. The van der Waals surface area contributed by atoms with Crippen molar-refractivity contribution in [3.8, 4) is 5.88 Å². The highest BCUT2D eigenvalue weighted by atomic mass is 35.5. The summed E-state index contributed by atoms with van der Waals surface area (Å²) in [6.07, 6.45) is 1.21. The van der Waals surface area contributed by atoms with Gasteiger partial charge < -0.3 is 15.2 Å². The Hall–Kier alpha value is -1.82. The van der Waals surface area contributed by atoms with Crippen LogP contribution in [0.25, 0.3) is 0 Å². The second kappa shape index (κ2) is 7.69. The van der Waals surface area contributed by atoms with Gasteiger partial charge in [-0.3, -0.25) is 9.59 Å². The molecule has 7 heteroatoms. The Morgan fingerprint density at radius 2 is 2.20 bits per heavy atom. The van der Waals surface area contributed by atoms with E-state index in [0.717, 1.165) is 0 Å². The number of hydrogen-bond donors (Lipinski definition) is 2. The second-order valence-corrected chi connectivity index (χ2v) is 5.02. The predicted octanol–water partition coefficient (Wildman–Crippen LogP) is 1.97. The van der Waals surface area contributed by atoms with Gasteiger partial charge in [-0.1, -0.05) is 25.4 Å². The van der Waals surface area contributed by atoms with Gasteiger partial charge in [0.1, 0.15) is 5.02 Å². The van der Waals surface area contributed by atoms with Gasteiger partial charge in [0.05, 0.1) is 18.6 Å². The summed E-state index contributed by atoms with van der Waals surface area (Å²) < 4.78 is 5.39. The highest BCUT2D eigenvalue weighted by Crippen LogP contribution is 2.22. The van der Waals surface area contributed by atoms with E-state index in [1.165, 1.54) is 12.3 Å².